The molecule has 182 valence electrons. The number of pyridine rings is 1. The maximum Gasteiger partial charge on any atom is 0.208 e. The van der Waals surface area contributed by atoms with Gasteiger partial charge in [0.1, 0.15) is 23.7 Å². The van der Waals surface area contributed by atoms with Crippen molar-refractivity contribution in [2.75, 3.05) is 31.7 Å². The van der Waals surface area contributed by atoms with Crippen LogP contribution in [0, 0.1) is 0 Å². The first-order valence-corrected chi connectivity index (χ1v) is 13.5. The number of hydrogen-bond donors (Lipinski definition) is 2. The Hall–Kier alpha value is -2.43. The molecule has 0 aliphatic carbocycles. The highest BCUT2D eigenvalue weighted by atomic mass is 32.2. The minimum Gasteiger partial charge on any atom is -0.494 e. The second-order valence-electron chi connectivity index (χ2n) is 8.12. The molecule has 0 atom stereocenters. The van der Waals surface area contributed by atoms with Crippen molar-refractivity contribution in [3.63, 3.8) is 0 Å². The zero-order chi connectivity index (χ0) is 23.8. The maximum atomic E-state index is 11.1. The molecule has 3 aromatic rings. The van der Waals surface area contributed by atoms with Gasteiger partial charge in [-0.25, -0.2) is 23.1 Å². The number of sulfonamides is 1. The standard InChI is InChI=1S/C23H35N5O4S/c1-4-13-28-20(16-31-5-2)27-21-22(28)18-15-17(10-11-19(18)26-23(21)24)32-14-9-7-6-8-12-25-33(3,29)30/h10-11,15,25H,4-9,12-14,16H2,1-3H3,(H2,24,26). The van der Waals surface area contributed by atoms with Crippen LogP contribution >= 0.6 is 0 Å². The summed E-state index contributed by atoms with van der Waals surface area (Å²) in [4.78, 5) is 9.29. The Labute approximate surface area is 195 Å². The molecule has 10 heteroatoms. The summed E-state index contributed by atoms with van der Waals surface area (Å²) in [7, 11) is -3.10. The number of fused-ring (bicyclic) bond motifs is 3. The lowest BCUT2D eigenvalue weighted by Gasteiger charge is -2.11. The number of unbranched alkanes of at least 4 members (excludes halogenated alkanes) is 3. The highest BCUT2D eigenvalue weighted by Gasteiger charge is 2.17. The third kappa shape index (κ3) is 6.78. The molecule has 2 heterocycles. The van der Waals surface area contributed by atoms with Gasteiger partial charge in [0, 0.05) is 25.1 Å². The molecule has 0 amide bonds. The summed E-state index contributed by atoms with van der Waals surface area (Å²) < 4.78 is 38.5. The van der Waals surface area contributed by atoms with Crippen LogP contribution in [0.3, 0.4) is 0 Å². The Morgan fingerprint density at radius 1 is 1.12 bits per heavy atom. The third-order valence-corrected chi connectivity index (χ3v) is 6.07. The predicted octanol–water partition coefficient (Wildman–Crippen LogP) is 3.60. The van der Waals surface area contributed by atoms with E-state index in [-0.39, 0.29) is 0 Å². The topological polar surface area (TPSA) is 121 Å². The van der Waals surface area contributed by atoms with E-state index in [9.17, 15) is 8.42 Å². The Kier molecular flexibility index (Phi) is 8.87. The number of nitrogens with one attached hydrogen (secondary N) is 1. The third-order valence-electron chi connectivity index (χ3n) is 5.34. The van der Waals surface area contributed by atoms with E-state index in [2.05, 4.69) is 21.2 Å². The fourth-order valence-corrected chi connectivity index (χ4v) is 4.34. The SMILES string of the molecule is CCCn1c(COCC)nc2c(N)nc3ccc(OCCCCCCNS(C)(=O)=O)cc3c21. The van der Waals surface area contributed by atoms with Gasteiger partial charge in [0.05, 0.1) is 23.9 Å². The second kappa shape index (κ2) is 11.6. The van der Waals surface area contributed by atoms with E-state index in [4.69, 9.17) is 20.2 Å². The number of rotatable bonds is 14. The Bertz CT molecular complexity index is 1180. The van der Waals surface area contributed by atoms with Gasteiger partial charge in [-0.05, 0) is 44.4 Å². The number of nitrogen functional groups attached to an aromatic ring is 1. The number of ether oxygens (including phenoxy) is 2. The Morgan fingerprint density at radius 2 is 1.91 bits per heavy atom. The summed E-state index contributed by atoms with van der Waals surface area (Å²) >= 11 is 0. The van der Waals surface area contributed by atoms with E-state index < -0.39 is 10.0 Å². The highest BCUT2D eigenvalue weighted by molar-refractivity contribution is 7.88. The number of hydrogen-bond acceptors (Lipinski definition) is 7. The molecule has 0 saturated heterocycles. The molecule has 3 rings (SSSR count). The summed E-state index contributed by atoms with van der Waals surface area (Å²) in [6.45, 7) is 7.05. The molecule has 3 N–H and O–H groups in total. The average molecular weight is 478 g/mol. The molecule has 0 fully saturated rings. The summed E-state index contributed by atoms with van der Waals surface area (Å²) in [5.41, 5.74) is 8.72. The minimum atomic E-state index is -3.10. The van der Waals surface area contributed by atoms with Crippen LogP contribution < -0.4 is 15.2 Å². The van der Waals surface area contributed by atoms with Crippen molar-refractivity contribution < 1.29 is 17.9 Å². The number of nitrogens with zero attached hydrogens (tertiary/aromatic N) is 3. The quantitative estimate of drug-likeness (QED) is 0.340. The van der Waals surface area contributed by atoms with Crippen molar-refractivity contribution in [2.45, 2.75) is 59.1 Å². The van der Waals surface area contributed by atoms with Crippen LogP contribution in [0.15, 0.2) is 18.2 Å². The second-order valence-corrected chi connectivity index (χ2v) is 9.95. The van der Waals surface area contributed by atoms with Gasteiger partial charge in [-0.2, -0.15) is 0 Å². The van der Waals surface area contributed by atoms with E-state index in [0.29, 0.717) is 37.7 Å². The molecule has 1 aromatic carbocycles. The number of aryl methyl sites for hydroxylation is 1. The predicted molar refractivity (Wildman–Crippen MR) is 132 cm³/mol. The summed E-state index contributed by atoms with van der Waals surface area (Å²) in [6, 6.07) is 5.86. The van der Waals surface area contributed by atoms with Crippen molar-refractivity contribution >= 4 is 37.8 Å². The smallest absolute Gasteiger partial charge is 0.208 e. The van der Waals surface area contributed by atoms with Gasteiger partial charge >= 0.3 is 0 Å². The molecule has 0 bridgehead atoms. The monoisotopic (exact) mass is 477 g/mol. The molecule has 0 aliphatic rings. The average Bonchev–Trinajstić information content (AvgIpc) is 3.13. The molecule has 33 heavy (non-hydrogen) atoms. The summed E-state index contributed by atoms with van der Waals surface area (Å²) in [5.74, 6) is 2.06. The molecular formula is C23H35N5O4S. The normalized spacial score (nSPS) is 12.1. The van der Waals surface area contributed by atoms with Crippen LogP contribution in [0.2, 0.25) is 0 Å². The fraction of sp³-hybridized carbons (Fsp3) is 0.565. The number of imidazole rings is 1. The van der Waals surface area contributed by atoms with Gasteiger partial charge in [-0.3, -0.25) is 0 Å². The van der Waals surface area contributed by atoms with Crippen LogP contribution in [-0.4, -0.2) is 49.0 Å². The lowest BCUT2D eigenvalue weighted by atomic mass is 10.1. The molecule has 0 unspecified atom stereocenters. The van der Waals surface area contributed by atoms with E-state index >= 15 is 0 Å². The zero-order valence-electron chi connectivity index (χ0n) is 19.8. The van der Waals surface area contributed by atoms with Gasteiger partial charge in [-0.15, -0.1) is 0 Å². The molecular weight excluding hydrogens is 442 g/mol. The van der Waals surface area contributed by atoms with Crippen molar-refractivity contribution in [2.24, 2.45) is 0 Å². The van der Waals surface area contributed by atoms with Crippen LogP contribution in [0.5, 0.6) is 5.75 Å². The van der Waals surface area contributed by atoms with Gasteiger partial charge in [0.25, 0.3) is 0 Å². The van der Waals surface area contributed by atoms with E-state index in [1.807, 2.05) is 25.1 Å². The first-order chi connectivity index (χ1) is 15.8. The number of anilines is 1. The molecule has 0 radical (unpaired) electrons. The molecule has 0 aliphatic heterocycles. The Morgan fingerprint density at radius 3 is 2.64 bits per heavy atom. The van der Waals surface area contributed by atoms with Gasteiger partial charge < -0.3 is 19.8 Å². The van der Waals surface area contributed by atoms with Crippen molar-refractivity contribution in [3.8, 4) is 5.75 Å². The number of nitrogens with two attached hydrogens (primary N) is 1. The highest BCUT2D eigenvalue weighted by Crippen LogP contribution is 2.31. The Balaban J connectivity index is 1.71. The summed E-state index contributed by atoms with van der Waals surface area (Å²) in [6.07, 6.45) is 5.79. The van der Waals surface area contributed by atoms with Crippen molar-refractivity contribution in [1.29, 1.82) is 0 Å². The van der Waals surface area contributed by atoms with E-state index in [1.54, 1.807) is 0 Å². The van der Waals surface area contributed by atoms with Crippen LogP contribution in [0.1, 0.15) is 51.8 Å². The first-order valence-electron chi connectivity index (χ1n) is 11.6. The van der Waals surface area contributed by atoms with Crippen LogP contribution in [0.25, 0.3) is 21.9 Å². The summed E-state index contributed by atoms with van der Waals surface area (Å²) in [5, 5.41) is 0.965. The number of aromatic nitrogens is 3. The first kappa shape index (κ1) is 25.2. The van der Waals surface area contributed by atoms with E-state index in [1.165, 1.54) is 6.26 Å². The molecule has 0 saturated carbocycles. The van der Waals surface area contributed by atoms with Crippen LogP contribution in [0.4, 0.5) is 5.82 Å². The lowest BCUT2D eigenvalue weighted by Crippen LogP contribution is -2.22. The van der Waals surface area contributed by atoms with Gasteiger partial charge in [0.15, 0.2) is 5.82 Å². The molecule has 2 aromatic heterocycles. The molecule has 9 nitrogen and oxygen atoms in total. The van der Waals surface area contributed by atoms with Gasteiger partial charge in [0.2, 0.25) is 10.0 Å². The minimum absolute atomic E-state index is 0.420. The maximum absolute atomic E-state index is 11.1. The number of benzene rings is 1. The van der Waals surface area contributed by atoms with Gasteiger partial charge in [-0.1, -0.05) is 19.8 Å². The zero-order valence-corrected chi connectivity index (χ0v) is 20.6. The lowest BCUT2D eigenvalue weighted by molar-refractivity contribution is 0.126. The van der Waals surface area contributed by atoms with Crippen molar-refractivity contribution in [1.82, 2.24) is 19.3 Å². The largest absolute Gasteiger partial charge is 0.494 e. The molecule has 0 spiro atoms. The fourth-order valence-electron chi connectivity index (χ4n) is 3.82. The van der Waals surface area contributed by atoms with Crippen LogP contribution in [-0.2, 0) is 27.9 Å². The van der Waals surface area contributed by atoms with Crippen molar-refractivity contribution in [3.05, 3.63) is 24.0 Å². The van der Waals surface area contributed by atoms with E-state index in [0.717, 1.165) is 66.6 Å².